The van der Waals surface area contributed by atoms with Crippen LogP contribution in [-0.4, -0.2) is 80.9 Å². The molecule has 1 aliphatic rings. The van der Waals surface area contributed by atoms with Crippen molar-refractivity contribution >= 4 is 35.9 Å². The number of nitrogens with one attached hydrogen (secondary N) is 2. The number of alkyl carbamates (subject to hydrolysis) is 2. The van der Waals surface area contributed by atoms with Crippen LogP contribution in [0.2, 0.25) is 0 Å². The Bertz CT molecular complexity index is 781. The molecule has 1 saturated carbocycles. The molecule has 0 radical (unpaired) electrons. The van der Waals surface area contributed by atoms with E-state index < -0.39 is 29.7 Å². The molecule has 0 saturated heterocycles. The molecule has 0 aromatic heterocycles. The zero-order valence-electron chi connectivity index (χ0n) is 25.0. The maximum atomic E-state index is 12.5. The Labute approximate surface area is 243 Å². The second-order valence-corrected chi connectivity index (χ2v) is 12.2. The summed E-state index contributed by atoms with van der Waals surface area (Å²) in [6.45, 7) is 9.29. The average molecular weight is 591 g/mol. The molecule has 0 heterocycles. The largest absolute Gasteiger partial charge is 0.450 e. The van der Waals surface area contributed by atoms with Crippen molar-refractivity contribution < 1.29 is 42.9 Å². The zero-order chi connectivity index (χ0) is 29.9. The molecule has 2 N–H and O–H groups in total. The fourth-order valence-electron chi connectivity index (χ4n) is 4.95. The first-order valence-electron chi connectivity index (χ1n) is 14.2. The molecule has 0 aromatic rings. The van der Waals surface area contributed by atoms with Crippen molar-refractivity contribution in [3.05, 3.63) is 0 Å². The highest BCUT2D eigenvalue weighted by Crippen LogP contribution is 2.41. The molecule has 1 rings (SSSR count). The lowest BCUT2D eigenvalue weighted by Gasteiger charge is -2.46. The first-order chi connectivity index (χ1) is 19.0. The van der Waals surface area contributed by atoms with Crippen LogP contribution in [0.4, 0.5) is 9.59 Å². The molecular weight excluding hydrogens is 540 g/mol. The van der Waals surface area contributed by atoms with Crippen LogP contribution in [0.3, 0.4) is 0 Å². The molecule has 0 aliphatic heterocycles. The summed E-state index contributed by atoms with van der Waals surface area (Å²) in [5, 5.41) is 5.95. The van der Waals surface area contributed by atoms with Crippen molar-refractivity contribution in [2.45, 2.75) is 103 Å². The lowest BCUT2D eigenvalue weighted by Crippen LogP contribution is -2.57. The fraction of sp³-hybridized carbons (Fsp3) is 0.857. The minimum Gasteiger partial charge on any atom is -0.450 e. The maximum Gasteiger partial charge on any atom is 0.407 e. The van der Waals surface area contributed by atoms with Gasteiger partial charge in [0.2, 0.25) is 6.79 Å². The van der Waals surface area contributed by atoms with E-state index in [1.807, 2.05) is 6.92 Å². The molecule has 11 nitrogen and oxygen atoms in total. The Balaban J connectivity index is 2.28. The number of carbonyl (C=O) groups excluding carboxylic acids is 4. The van der Waals surface area contributed by atoms with Gasteiger partial charge < -0.3 is 34.3 Å². The van der Waals surface area contributed by atoms with E-state index in [4.69, 9.17) is 23.7 Å². The molecule has 2 amide bonds. The normalized spacial score (nSPS) is 19.8. The number of unbranched alkanes of at least 4 members (excludes halogenated alkanes) is 2. The second kappa shape index (κ2) is 19.8. The van der Waals surface area contributed by atoms with Crippen LogP contribution in [0.15, 0.2) is 0 Å². The van der Waals surface area contributed by atoms with Gasteiger partial charge in [-0.25, -0.2) is 9.59 Å². The Morgan fingerprint density at radius 1 is 0.800 bits per heavy atom. The minimum atomic E-state index is -0.549. The van der Waals surface area contributed by atoms with E-state index >= 15 is 0 Å². The van der Waals surface area contributed by atoms with E-state index in [0.717, 1.165) is 31.6 Å². The molecule has 40 heavy (non-hydrogen) atoms. The third kappa shape index (κ3) is 17.5. The highest BCUT2D eigenvalue weighted by Gasteiger charge is 2.43. The summed E-state index contributed by atoms with van der Waals surface area (Å²) in [5.41, 5.74) is -0.654. The average Bonchev–Trinajstić information content (AvgIpc) is 2.86. The van der Waals surface area contributed by atoms with Gasteiger partial charge in [-0.15, -0.1) is 0 Å². The molecular formula is C28H50N2O9S. The van der Waals surface area contributed by atoms with E-state index in [-0.39, 0.29) is 37.7 Å². The van der Waals surface area contributed by atoms with Crippen LogP contribution in [0.5, 0.6) is 0 Å². The molecule has 0 bridgehead atoms. The fourth-order valence-corrected chi connectivity index (χ4v) is 5.36. The number of thioether (sulfide) groups is 1. The smallest absolute Gasteiger partial charge is 0.407 e. The number of hydrogen-bond donors (Lipinski definition) is 2. The summed E-state index contributed by atoms with van der Waals surface area (Å²) in [7, 11) is 0. The summed E-state index contributed by atoms with van der Waals surface area (Å²) < 4.78 is 25.8. The van der Waals surface area contributed by atoms with E-state index in [2.05, 4.69) is 30.7 Å². The molecule has 2 atom stereocenters. The quantitative estimate of drug-likeness (QED) is 0.0919. The first kappa shape index (κ1) is 35.8. The lowest BCUT2D eigenvalue weighted by molar-refractivity contribution is -0.167. The molecule has 2 unspecified atom stereocenters. The van der Waals surface area contributed by atoms with E-state index in [1.54, 1.807) is 18.7 Å². The lowest BCUT2D eigenvalue weighted by atomic mass is 9.67. The molecule has 232 valence electrons. The van der Waals surface area contributed by atoms with Crippen molar-refractivity contribution in [3.8, 4) is 0 Å². The third-order valence-corrected chi connectivity index (χ3v) is 7.08. The molecule has 0 aromatic carbocycles. The summed E-state index contributed by atoms with van der Waals surface area (Å²) in [6, 6.07) is -0.144. The summed E-state index contributed by atoms with van der Waals surface area (Å²) >= 11 is 1.79. The standard InChI is InChI=1S/C28H50N2O9S/c1-6-23(31)38-21-39-24(32)12-8-7-9-15-37-26(34)30-28(4)19-22(18-27(2,3)20-28)29-25(33)36-16-10-13-35-14-11-17-40-5/h22H,6-21H2,1-5H3,(H,29,33)(H,30,34). The maximum absolute atomic E-state index is 12.5. The SMILES string of the molecule is CCC(=O)OCOC(=O)CCCCCOC(=O)NC1(C)CC(NC(=O)OCCCOCCCSC)CC(C)(C)C1. The van der Waals surface area contributed by atoms with Gasteiger partial charge in [0.25, 0.3) is 0 Å². The molecule has 1 aliphatic carbocycles. The van der Waals surface area contributed by atoms with Crippen molar-refractivity contribution in [2.24, 2.45) is 5.41 Å². The minimum absolute atomic E-state index is 0.105. The van der Waals surface area contributed by atoms with Gasteiger partial charge in [-0.3, -0.25) is 9.59 Å². The van der Waals surface area contributed by atoms with Crippen LogP contribution in [0, 0.1) is 5.41 Å². The van der Waals surface area contributed by atoms with Gasteiger partial charge in [0.05, 0.1) is 13.2 Å². The van der Waals surface area contributed by atoms with Gasteiger partial charge in [0.15, 0.2) is 0 Å². The number of rotatable bonds is 19. The van der Waals surface area contributed by atoms with Gasteiger partial charge in [-0.1, -0.05) is 20.8 Å². The van der Waals surface area contributed by atoms with Gasteiger partial charge in [0, 0.05) is 44.1 Å². The Morgan fingerprint density at radius 3 is 2.20 bits per heavy atom. The third-order valence-electron chi connectivity index (χ3n) is 6.38. The van der Waals surface area contributed by atoms with Crippen molar-refractivity contribution in [2.75, 3.05) is 45.2 Å². The predicted octanol–water partition coefficient (Wildman–Crippen LogP) is 4.95. The number of amides is 2. The zero-order valence-corrected chi connectivity index (χ0v) is 25.8. The Kier molecular flexibility index (Phi) is 17.7. The number of hydrogen-bond acceptors (Lipinski definition) is 10. The van der Waals surface area contributed by atoms with E-state index in [9.17, 15) is 19.2 Å². The number of esters is 2. The highest BCUT2D eigenvalue weighted by molar-refractivity contribution is 7.98. The molecule has 12 heteroatoms. The van der Waals surface area contributed by atoms with Gasteiger partial charge >= 0.3 is 24.1 Å². The molecule has 1 fully saturated rings. The second-order valence-electron chi connectivity index (χ2n) is 11.2. The van der Waals surface area contributed by atoms with Crippen LogP contribution < -0.4 is 10.6 Å². The van der Waals surface area contributed by atoms with Crippen molar-refractivity contribution in [1.82, 2.24) is 10.6 Å². The van der Waals surface area contributed by atoms with E-state index in [0.29, 0.717) is 45.3 Å². The Hall–Kier alpha value is -2.21. The van der Waals surface area contributed by atoms with Gasteiger partial charge in [0.1, 0.15) is 0 Å². The Morgan fingerprint density at radius 2 is 1.48 bits per heavy atom. The topological polar surface area (TPSA) is 138 Å². The van der Waals surface area contributed by atoms with Gasteiger partial charge in [-0.05, 0) is 69.3 Å². The van der Waals surface area contributed by atoms with Crippen molar-refractivity contribution in [3.63, 3.8) is 0 Å². The first-order valence-corrected chi connectivity index (χ1v) is 15.6. The molecule has 0 spiro atoms. The monoisotopic (exact) mass is 590 g/mol. The van der Waals surface area contributed by atoms with Gasteiger partial charge in [-0.2, -0.15) is 11.8 Å². The van der Waals surface area contributed by atoms with E-state index in [1.165, 1.54) is 0 Å². The summed E-state index contributed by atoms with van der Waals surface area (Å²) in [4.78, 5) is 47.5. The summed E-state index contributed by atoms with van der Waals surface area (Å²) in [5.74, 6) is 0.213. The predicted molar refractivity (Wildman–Crippen MR) is 153 cm³/mol. The van der Waals surface area contributed by atoms with Crippen LogP contribution in [0.1, 0.15) is 91.9 Å². The van der Waals surface area contributed by atoms with Crippen LogP contribution >= 0.6 is 11.8 Å². The number of carbonyl (C=O) groups is 4. The summed E-state index contributed by atoms with van der Waals surface area (Å²) in [6.07, 6.45) is 7.13. The number of ether oxygens (including phenoxy) is 5. The van der Waals surface area contributed by atoms with Crippen LogP contribution in [-0.2, 0) is 33.3 Å². The van der Waals surface area contributed by atoms with Crippen molar-refractivity contribution in [1.29, 1.82) is 0 Å². The highest BCUT2D eigenvalue weighted by atomic mass is 32.2. The van der Waals surface area contributed by atoms with Crippen LogP contribution in [0.25, 0.3) is 0 Å².